The largest absolute Gasteiger partial charge is 0.317 e. The molecule has 0 bridgehead atoms. The van der Waals surface area contributed by atoms with E-state index < -0.39 is 0 Å². The maximum absolute atomic E-state index is 4.05. The number of nitrogens with one attached hydrogen (secondary N) is 1. The fraction of sp³-hybridized carbons (Fsp3) is 0.833. The summed E-state index contributed by atoms with van der Waals surface area (Å²) in [4.78, 5) is 0. The monoisotopic (exact) mass is 183 g/mol. The summed E-state index contributed by atoms with van der Waals surface area (Å²) in [6.45, 7) is 10.8. The molecule has 0 rings (SSSR count). The van der Waals surface area contributed by atoms with E-state index in [4.69, 9.17) is 0 Å². The van der Waals surface area contributed by atoms with E-state index in [2.05, 4.69) is 39.7 Å². The normalized spacial score (nSPS) is 15.4. The predicted octanol–water partition coefficient (Wildman–Crippen LogP) is 3.37. The molecule has 0 aromatic heterocycles. The van der Waals surface area contributed by atoms with Crippen molar-refractivity contribution in [3.63, 3.8) is 0 Å². The molecule has 0 amide bonds. The lowest BCUT2D eigenvalue weighted by molar-refractivity contribution is 0.408. The summed E-state index contributed by atoms with van der Waals surface area (Å²) in [7, 11) is 2.05. The molecule has 0 aromatic rings. The summed E-state index contributed by atoms with van der Waals surface area (Å²) in [5.74, 6) is 0.821. The molecule has 1 N–H and O–H groups in total. The minimum Gasteiger partial charge on any atom is -0.317 e. The molecule has 0 aliphatic rings. The first-order valence-electron chi connectivity index (χ1n) is 5.47. The van der Waals surface area contributed by atoms with Gasteiger partial charge in [0.1, 0.15) is 0 Å². The van der Waals surface area contributed by atoms with E-state index in [1.807, 2.05) is 0 Å². The number of rotatable bonds is 7. The van der Waals surface area contributed by atoms with Gasteiger partial charge in [-0.25, -0.2) is 0 Å². The lowest BCUT2D eigenvalue weighted by Gasteiger charge is -2.20. The molecule has 0 aliphatic carbocycles. The molecule has 0 spiro atoms. The van der Waals surface area contributed by atoms with Gasteiger partial charge in [0.15, 0.2) is 0 Å². The van der Waals surface area contributed by atoms with Crippen LogP contribution in [0, 0.1) is 5.92 Å². The third-order valence-corrected chi connectivity index (χ3v) is 2.83. The fourth-order valence-electron chi connectivity index (χ4n) is 1.45. The molecule has 78 valence electrons. The lowest BCUT2D eigenvalue weighted by atomic mass is 9.94. The Labute approximate surface area is 83.6 Å². The molecule has 2 unspecified atom stereocenters. The van der Waals surface area contributed by atoms with E-state index in [1.54, 1.807) is 0 Å². The Kier molecular flexibility index (Phi) is 6.97. The van der Waals surface area contributed by atoms with Crippen molar-refractivity contribution in [3.8, 4) is 0 Å². The van der Waals surface area contributed by atoms with Crippen LogP contribution in [0.25, 0.3) is 0 Å². The Morgan fingerprint density at radius 1 is 1.38 bits per heavy atom. The molecule has 0 saturated heterocycles. The quantitative estimate of drug-likeness (QED) is 0.597. The molecule has 0 fully saturated rings. The first kappa shape index (κ1) is 12.7. The first-order valence-corrected chi connectivity index (χ1v) is 5.47. The van der Waals surface area contributed by atoms with Crippen molar-refractivity contribution in [1.29, 1.82) is 0 Å². The number of hydrogen-bond acceptors (Lipinski definition) is 1. The Bertz CT molecular complexity index is 140. The topological polar surface area (TPSA) is 12.0 Å². The maximum atomic E-state index is 4.05. The highest BCUT2D eigenvalue weighted by molar-refractivity contribution is 4.96. The van der Waals surface area contributed by atoms with Crippen LogP contribution < -0.4 is 5.32 Å². The van der Waals surface area contributed by atoms with Crippen LogP contribution in [0.15, 0.2) is 12.2 Å². The third-order valence-electron chi connectivity index (χ3n) is 2.83. The van der Waals surface area contributed by atoms with E-state index in [9.17, 15) is 0 Å². The Morgan fingerprint density at radius 3 is 2.38 bits per heavy atom. The Hall–Kier alpha value is -0.300. The third kappa shape index (κ3) is 5.87. The van der Waals surface area contributed by atoms with Crippen molar-refractivity contribution in [2.45, 2.75) is 52.5 Å². The minimum atomic E-state index is 0.627. The van der Waals surface area contributed by atoms with Crippen LogP contribution in [0.4, 0.5) is 0 Å². The maximum Gasteiger partial charge on any atom is 0.0104 e. The summed E-state index contributed by atoms with van der Waals surface area (Å²) >= 11 is 0. The van der Waals surface area contributed by atoms with Gasteiger partial charge in [0, 0.05) is 6.04 Å². The predicted molar refractivity (Wildman–Crippen MR) is 61.0 cm³/mol. The van der Waals surface area contributed by atoms with Gasteiger partial charge >= 0.3 is 0 Å². The summed E-state index contributed by atoms with van der Waals surface area (Å²) in [5.41, 5.74) is 1.36. The molecular weight excluding hydrogens is 158 g/mol. The molecule has 0 saturated carbocycles. The summed E-state index contributed by atoms with van der Waals surface area (Å²) < 4.78 is 0. The van der Waals surface area contributed by atoms with Gasteiger partial charge in [-0.15, -0.1) is 0 Å². The Morgan fingerprint density at radius 2 is 2.00 bits per heavy atom. The first-order chi connectivity index (χ1) is 6.13. The van der Waals surface area contributed by atoms with Gasteiger partial charge in [0.05, 0.1) is 0 Å². The molecule has 0 heterocycles. The van der Waals surface area contributed by atoms with Gasteiger partial charge in [-0.1, -0.05) is 39.3 Å². The van der Waals surface area contributed by atoms with Gasteiger partial charge in [0.2, 0.25) is 0 Å². The molecule has 0 aromatic carbocycles. The van der Waals surface area contributed by atoms with Crippen LogP contribution in [0.2, 0.25) is 0 Å². The SMILES string of the molecule is C=C(CC)CC(CC(C)CC)NC. The zero-order valence-electron chi connectivity index (χ0n) is 9.69. The molecule has 2 atom stereocenters. The summed E-state index contributed by atoms with van der Waals surface area (Å²) in [5, 5.41) is 3.37. The average Bonchev–Trinajstić information content (AvgIpc) is 2.16. The van der Waals surface area contributed by atoms with Crippen LogP contribution in [-0.2, 0) is 0 Å². The van der Waals surface area contributed by atoms with Crippen molar-refractivity contribution < 1.29 is 0 Å². The lowest BCUT2D eigenvalue weighted by Crippen LogP contribution is -2.27. The van der Waals surface area contributed by atoms with Crippen molar-refractivity contribution in [3.05, 3.63) is 12.2 Å². The van der Waals surface area contributed by atoms with E-state index in [1.165, 1.54) is 18.4 Å². The highest BCUT2D eigenvalue weighted by Crippen LogP contribution is 2.16. The molecule has 0 aliphatic heterocycles. The van der Waals surface area contributed by atoms with Crippen molar-refractivity contribution in [2.75, 3.05) is 7.05 Å². The van der Waals surface area contributed by atoms with E-state index in [0.717, 1.165) is 18.8 Å². The van der Waals surface area contributed by atoms with Crippen molar-refractivity contribution in [1.82, 2.24) is 5.32 Å². The highest BCUT2D eigenvalue weighted by atomic mass is 14.9. The summed E-state index contributed by atoms with van der Waals surface area (Å²) in [6, 6.07) is 0.627. The van der Waals surface area contributed by atoms with Crippen LogP contribution in [-0.4, -0.2) is 13.1 Å². The van der Waals surface area contributed by atoms with Gasteiger partial charge in [-0.05, 0) is 32.2 Å². The second-order valence-corrected chi connectivity index (χ2v) is 4.04. The van der Waals surface area contributed by atoms with Crippen LogP contribution in [0.5, 0.6) is 0 Å². The second kappa shape index (κ2) is 7.14. The van der Waals surface area contributed by atoms with Crippen LogP contribution in [0.3, 0.4) is 0 Å². The standard InChI is InChI=1S/C12H25N/c1-6-10(3)8-12(13-5)9-11(4)7-2/h11-13H,3,6-9H2,1-2,4-5H3. The zero-order valence-corrected chi connectivity index (χ0v) is 9.69. The van der Waals surface area contributed by atoms with Gasteiger partial charge in [-0.2, -0.15) is 0 Å². The second-order valence-electron chi connectivity index (χ2n) is 4.04. The summed E-state index contributed by atoms with van der Waals surface area (Å²) in [6.07, 6.45) is 4.79. The zero-order chi connectivity index (χ0) is 10.3. The van der Waals surface area contributed by atoms with E-state index >= 15 is 0 Å². The highest BCUT2D eigenvalue weighted by Gasteiger charge is 2.10. The van der Waals surface area contributed by atoms with Crippen molar-refractivity contribution >= 4 is 0 Å². The average molecular weight is 183 g/mol. The van der Waals surface area contributed by atoms with E-state index in [0.29, 0.717) is 6.04 Å². The minimum absolute atomic E-state index is 0.627. The molecule has 1 nitrogen and oxygen atoms in total. The van der Waals surface area contributed by atoms with Gasteiger partial charge < -0.3 is 5.32 Å². The molecule has 0 radical (unpaired) electrons. The molecule has 13 heavy (non-hydrogen) atoms. The van der Waals surface area contributed by atoms with E-state index in [-0.39, 0.29) is 0 Å². The molecular formula is C12H25N. The number of hydrogen-bond donors (Lipinski definition) is 1. The van der Waals surface area contributed by atoms with Crippen LogP contribution >= 0.6 is 0 Å². The van der Waals surface area contributed by atoms with Crippen molar-refractivity contribution in [2.24, 2.45) is 5.92 Å². The smallest absolute Gasteiger partial charge is 0.0104 e. The van der Waals surface area contributed by atoms with Gasteiger partial charge in [-0.3, -0.25) is 0 Å². The Balaban J connectivity index is 3.81. The molecule has 1 heteroatoms. The van der Waals surface area contributed by atoms with Crippen LogP contribution in [0.1, 0.15) is 46.5 Å². The van der Waals surface area contributed by atoms with Gasteiger partial charge in [0.25, 0.3) is 0 Å². The fourth-order valence-corrected chi connectivity index (χ4v) is 1.45.